The number of nitro groups is 1. The summed E-state index contributed by atoms with van der Waals surface area (Å²) in [6, 6.07) is 7.92. The monoisotopic (exact) mass is 317 g/mol. The number of hydrogen-bond donors (Lipinski definition) is 0. The molecule has 6 nitrogen and oxygen atoms in total. The lowest BCUT2D eigenvalue weighted by Crippen LogP contribution is -1.99. The first-order chi connectivity index (χ1) is 10.5. The van der Waals surface area contributed by atoms with Crippen LogP contribution in [0.1, 0.15) is 11.3 Å². The number of pyridine rings is 1. The van der Waals surface area contributed by atoms with E-state index < -0.39 is 4.92 Å². The van der Waals surface area contributed by atoms with Crippen molar-refractivity contribution in [1.29, 1.82) is 0 Å². The van der Waals surface area contributed by atoms with Gasteiger partial charge in [0, 0.05) is 35.1 Å². The zero-order valence-corrected chi connectivity index (χ0v) is 12.4. The minimum Gasteiger partial charge on any atom is -0.485 e. The predicted octanol–water partition coefficient (Wildman–Crippen LogP) is 3.78. The molecule has 0 fully saturated rings. The molecule has 0 amide bonds. The third kappa shape index (κ3) is 2.73. The standard InChI is InChI=1S/C15H12ClN3O3/c1-10-8-18-6-2-3-14(15(18)17-10)22-9-11-7-12(19(20)21)4-5-13(11)16/h2-8H,9H2,1H3. The Morgan fingerprint density at radius 1 is 1.41 bits per heavy atom. The van der Waals surface area contributed by atoms with Gasteiger partial charge in [-0.05, 0) is 25.1 Å². The van der Waals surface area contributed by atoms with E-state index in [0.29, 0.717) is 22.0 Å². The lowest BCUT2D eigenvalue weighted by atomic mass is 10.2. The molecule has 2 aromatic heterocycles. The van der Waals surface area contributed by atoms with E-state index in [1.807, 2.05) is 29.8 Å². The number of imidazole rings is 1. The molecule has 3 aromatic rings. The van der Waals surface area contributed by atoms with E-state index in [-0.39, 0.29) is 12.3 Å². The van der Waals surface area contributed by atoms with E-state index in [1.165, 1.54) is 18.2 Å². The van der Waals surface area contributed by atoms with Crippen LogP contribution < -0.4 is 4.74 Å². The van der Waals surface area contributed by atoms with Crippen LogP contribution in [0.5, 0.6) is 5.75 Å². The molecule has 0 aliphatic carbocycles. The van der Waals surface area contributed by atoms with Crippen molar-refractivity contribution in [3.63, 3.8) is 0 Å². The van der Waals surface area contributed by atoms with Gasteiger partial charge in [-0.25, -0.2) is 4.98 Å². The lowest BCUT2D eigenvalue weighted by molar-refractivity contribution is -0.384. The summed E-state index contributed by atoms with van der Waals surface area (Å²) in [6.45, 7) is 2.03. The highest BCUT2D eigenvalue weighted by Gasteiger charge is 2.11. The minimum atomic E-state index is -0.460. The molecule has 0 atom stereocenters. The van der Waals surface area contributed by atoms with Gasteiger partial charge in [-0.2, -0.15) is 0 Å². The molecular formula is C15H12ClN3O3. The minimum absolute atomic E-state index is 0.0159. The van der Waals surface area contributed by atoms with Crippen molar-refractivity contribution in [3.8, 4) is 5.75 Å². The number of ether oxygens (including phenoxy) is 1. The zero-order valence-electron chi connectivity index (χ0n) is 11.7. The van der Waals surface area contributed by atoms with Gasteiger partial charge in [0.05, 0.1) is 10.6 Å². The number of nitro benzene ring substituents is 1. The number of fused-ring (bicyclic) bond motifs is 1. The Hall–Kier alpha value is -2.60. The molecule has 0 unspecified atom stereocenters. The first-order valence-corrected chi connectivity index (χ1v) is 6.92. The van der Waals surface area contributed by atoms with Gasteiger partial charge in [-0.1, -0.05) is 11.6 Å². The molecule has 112 valence electrons. The quantitative estimate of drug-likeness (QED) is 0.542. The first-order valence-electron chi connectivity index (χ1n) is 6.54. The average molecular weight is 318 g/mol. The number of aryl methyl sites for hydroxylation is 1. The molecule has 2 heterocycles. The van der Waals surface area contributed by atoms with E-state index in [0.717, 1.165) is 5.69 Å². The molecule has 22 heavy (non-hydrogen) atoms. The second kappa shape index (κ2) is 5.65. The number of nitrogens with zero attached hydrogens (tertiary/aromatic N) is 3. The Morgan fingerprint density at radius 3 is 3.00 bits per heavy atom. The van der Waals surface area contributed by atoms with Gasteiger partial charge in [-0.3, -0.25) is 10.1 Å². The van der Waals surface area contributed by atoms with Crippen molar-refractivity contribution in [2.75, 3.05) is 0 Å². The van der Waals surface area contributed by atoms with Gasteiger partial charge >= 0.3 is 0 Å². The van der Waals surface area contributed by atoms with E-state index in [2.05, 4.69) is 4.98 Å². The van der Waals surface area contributed by atoms with Crippen molar-refractivity contribution in [2.24, 2.45) is 0 Å². The number of non-ortho nitro benzene ring substituents is 1. The van der Waals surface area contributed by atoms with Crippen molar-refractivity contribution in [2.45, 2.75) is 13.5 Å². The molecule has 1 aromatic carbocycles. The number of rotatable bonds is 4. The maximum absolute atomic E-state index is 10.8. The second-order valence-corrected chi connectivity index (χ2v) is 5.21. The molecule has 0 saturated heterocycles. The lowest BCUT2D eigenvalue weighted by Gasteiger charge is -2.08. The molecule has 0 saturated carbocycles. The predicted molar refractivity (Wildman–Crippen MR) is 82.4 cm³/mol. The molecule has 7 heteroatoms. The second-order valence-electron chi connectivity index (χ2n) is 4.81. The molecule has 0 spiro atoms. The van der Waals surface area contributed by atoms with Crippen LogP contribution in [0, 0.1) is 17.0 Å². The summed E-state index contributed by atoms with van der Waals surface area (Å²) in [6.07, 6.45) is 3.77. The summed E-state index contributed by atoms with van der Waals surface area (Å²) in [7, 11) is 0. The molecular weight excluding hydrogens is 306 g/mol. The van der Waals surface area contributed by atoms with Crippen LogP contribution in [0.15, 0.2) is 42.7 Å². The highest BCUT2D eigenvalue weighted by molar-refractivity contribution is 6.31. The maximum Gasteiger partial charge on any atom is 0.269 e. The fourth-order valence-electron chi connectivity index (χ4n) is 2.16. The van der Waals surface area contributed by atoms with E-state index in [1.54, 1.807) is 6.07 Å². The van der Waals surface area contributed by atoms with Gasteiger partial charge in [0.1, 0.15) is 6.61 Å². The van der Waals surface area contributed by atoms with E-state index >= 15 is 0 Å². The summed E-state index contributed by atoms with van der Waals surface area (Å²) in [4.78, 5) is 14.8. The van der Waals surface area contributed by atoms with Crippen LogP contribution >= 0.6 is 11.6 Å². The Labute approximate surface area is 131 Å². The van der Waals surface area contributed by atoms with E-state index in [9.17, 15) is 10.1 Å². The van der Waals surface area contributed by atoms with Crippen LogP contribution in [0.4, 0.5) is 5.69 Å². The van der Waals surface area contributed by atoms with Crippen molar-refractivity contribution in [1.82, 2.24) is 9.38 Å². The van der Waals surface area contributed by atoms with Crippen LogP contribution in [-0.2, 0) is 6.61 Å². The van der Waals surface area contributed by atoms with Crippen LogP contribution in [0.25, 0.3) is 5.65 Å². The van der Waals surface area contributed by atoms with Crippen LogP contribution in [0.3, 0.4) is 0 Å². The Morgan fingerprint density at radius 2 is 2.23 bits per heavy atom. The topological polar surface area (TPSA) is 69.7 Å². The molecule has 3 rings (SSSR count). The number of benzene rings is 1. The van der Waals surface area contributed by atoms with Gasteiger partial charge in [-0.15, -0.1) is 0 Å². The first kappa shape index (κ1) is 14.3. The molecule has 0 radical (unpaired) electrons. The molecule has 0 aliphatic heterocycles. The summed E-state index contributed by atoms with van der Waals surface area (Å²) in [5, 5.41) is 11.3. The zero-order chi connectivity index (χ0) is 15.7. The third-order valence-corrected chi connectivity index (χ3v) is 3.56. The van der Waals surface area contributed by atoms with E-state index in [4.69, 9.17) is 16.3 Å². The van der Waals surface area contributed by atoms with Crippen molar-refractivity contribution in [3.05, 3.63) is 69.1 Å². The van der Waals surface area contributed by atoms with Gasteiger partial charge in [0.2, 0.25) is 0 Å². The summed E-state index contributed by atoms with van der Waals surface area (Å²) >= 11 is 6.07. The Bertz CT molecular complexity index is 860. The number of hydrogen-bond acceptors (Lipinski definition) is 4. The molecule has 0 bridgehead atoms. The number of aromatic nitrogens is 2. The third-order valence-electron chi connectivity index (χ3n) is 3.19. The fraction of sp³-hybridized carbons (Fsp3) is 0.133. The molecule has 0 aliphatic rings. The smallest absolute Gasteiger partial charge is 0.269 e. The average Bonchev–Trinajstić information content (AvgIpc) is 2.87. The van der Waals surface area contributed by atoms with Gasteiger partial charge in [0.15, 0.2) is 11.4 Å². The highest BCUT2D eigenvalue weighted by atomic mass is 35.5. The summed E-state index contributed by atoms with van der Waals surface area (Å²) in [5.41, 5.74) is 2.12. The van der Waals surface area contributed by atoms with Crippen molar-refractivity contribution >= 4 is 22.9 Å². The Kier molecular flexibility index (Phi) is 3.68. The van der Waals surface area contributed by atoms with Crippen LogP contribution in [-0.4, -0.2) is 14.3 Å². The fourth-order valence-corrected chi connectivity index (χ4v) is 2.34. The SMILES string of the molecule is Cc1cn2cccc(OCc3cc([N+](=O)[O-])ccc3Cl)c2n1. The largest absolute Gasteiger partial charge is 0.485 e. The van der Waals surface area contributed by atoms with Crippen molar-refractivity contribution < 1.29 is 9.66 Å². The highest BCUT2D eigenvalue weighted by Crippen LogP contribution is 2.25. The maximum atomic E-state index is 10.8. The van der Waals surface area contributed by atoms with Gasteiger partial charge in [0.25, 0.3) is 5.69 Å². The summed E-state index contributed by atoms with van der Waals surface area (Å²) < 4.78 is 7.60. The Balaban J connectivity index is 1.88. The summed E-state index contributed by atoms with van der Waals surface area (Å²) in [5.74, 6) is 0.596. The van der Waals surface area contributed by atoms with Gasteiger partial charge < -0.3 is 9.14 Å². The number of halogens is 1. The molecule has 0 N–H and O–H groups in total. The van der Waals surface area contributed by atoms with Crippen LogP contribution in [0.2, 0.25) is 5.02 Å². The normalized spacial score (nSPS) is 10.8.